The third-order valence-electron chi connectivity index (χ3n) is 3.73. The molecule has 0 fully saturated rings. The largest absolute Gasteiger partial charge is 0.271 e. The van der Waals surface area contributed by atoms with E-state index >= 15 is 0 Å². The first-order chi connectivity index (χ1) is 12.1. The van der Waals surface area contributed by atoms with Crippen molar-refractivity contribution >= 4 is 12.1 Å². The second-order valence-corrected chi connectivity index (χ2v) is 5.82. The Morgan fingerprint density at radius 1 is 1.12 bits per heavy atom. The highest BCUT2D eigenvalue weighted by molar-refractivity contribution is 5.95. The minimum Gasteiger partial charge on any atom is -0.267 e. The summed E-state index contributed by atoms with van der Waals surface area (Å²) in [7, 11) is 0. The fraction of sp³-hybridized carbons (Fsp3) is 0.167. The molecule has 3 aromatic rings. The molecule has 1 N–H and O–H groups in total. The molecule has 3 rings (SSSR count). The number of hydrazone groups is 1. The van der Waals surface area contributed by atoms with Gasteiger partial charge in [0, 0.05) is 5.56 Å². The van der Waals surface area contributed by atoms with Gasteiger partial charge in [-0.1, -0.05) is 38.1 Å². The molecular formula is C18H18N6O. The highest BCUT2D eigenvalue weighted by Crippen LogP contribution is 2.13. The van der Waals surface area contributed by atoms with Gasteiger partial charge in [-0.15, -0.1) is 5.10 Å². The summed E-state index contributed by atoms with van der Waals surface area (Å²) in [4.78, 5) is 12.1. The molecule has 126 valence electrons. The summed E-state index contributed by atoms with van der Waals surface area (Å²) in [6, 6.07) is 15.0. The summed E-state index contributed by atoms with van der Waals surface area (Å²) in [5.74, 6) is 0.209. The van der Waals surface area contributed by atoms with E-state index in [1.54, 1.807) is 30.5 Å². The van der Waals surface area contributed by atoms with Gasteiger partial charge in [-0.25, -0.2) is 10.1 Å². The Hall–Kier alpha value is -3.35. The fourth-order valence-electron chi connectivity index (χ4n) is 2.24. The van der Waals surface area contributed by atoms with Gasteiger partial charge in [-0.2, -0.15) is 5.10 Å². The minimum absolute atomic E-state index is 0.279. The second-order valence-electron chi connectivity index (χ2n) is 5.82. The molecule has 7 nitrogen and oxygen atoms in total. The zero-order valence-corrected chi connectivity index (χ0v) is 14.0. The minimum atomic E-state index is -0.279. The number of tetrazole rings is 1. The highest BCUT2D eigenvalue weighted by Gasteiger charge is 2.05. The molecule has 0 saturated carbocycles. The number of hydrogen-bond donors (Lipinski definition) is 1. The summed E-state index contributed by atoms with van der Waals surface area (Å²) >= 11 is 0. The molecule has 0 atom stereocenters. The monoisotopic (exact) mass is 334 g/mol. The highest BCUT2D eigenvalue weighted by atomic mass is 16.2. The van der Waals surface area contributed by atoms with E-state index < -0.39 is 0 Å². The van der Waals surface area contributed by atoms with Crippen LogP contribution in [0.1, 0.15) is 41.3 Å². The summed E-state index contributed by atoms with van der Waals surface area (Å²) in [5.41, 5.74) is 6.00. The molecule has 0 saturated heterocycles. The standard InChI is InChI=1S/C18H18N6O/c1-13(2)15-5-3-14(4-6-15)11-19-21-18(25)16-7-9-17(10-8-16)24-12-20-22-23-24/h3-13H,1-2H3,(H,21,25)/b19-11+. The number of nitrogens with zero attached hydrogens (tertiary/aromatic N) is 5. The molecule has 0 unspecified atom stereocenters. The van der Waals surface area contributed by atoms with Gasteiger partial charge in [0.1, 0.15) is 6.33 Å². The molecule has 25 heavy (non-hydrogen) atoms. The average molecular weight is 334 g/mol. The van der Waals surface area contributed by atoms with Gasteiger partial charge in [-0.05, 0) is 51.7 Å². The van der Waals surface area contributed by atoms with Crippen LogP contribution in [0.2, 0.25) is 0 Å². The van der Waals surface area contributed by atoms with Crippen LogP contribution in [0.4, 0.5) is 0 Å². The number of hydrogen-bond acceptors (Lipinski definition) is 5. The molecule has 0 radical (unpaired) electrons. The Morgan fingerprint density at radius 2 is 1.84 bits per heavy atom. The molecule has 0 aliphatic rings. The van der Waals surface area contributed by atoms with Crippen LogP contribution in [-0.4, -0.2) is 32.3 Å². The third kappa shape index (κ3) is 4.14. The first-order valence-corrected chi connectivity index (χ1v) is 7.90. The molecule has 7 heteroatoms. The van der Waals surface area contributed by atoms with E-state index in [1.807, 2.05) is 12.1 Å². The molecule has 1 aromatic heterocycles. The maximum absolute atomic E-state index is 12.1. The number of amides is 1. The Balaban J connectivity index is 1.60. The molecule has 2 aromatic carbocycles. The Bertz CT molecular complexity index is 852. The third-order valence-corrected chi connectivity index (χ3v) is 3.73. The topological polar surface area (TPSA) is 85.1 Å². The lowest BCUT2D eigenvalue weighted by molar-refractivity contribution is 0.0955. The van der Waals surface area contributed by atoms with E-state index in [4.69, 9.17) is 0 Å². The van der Waals surface area contributed by atoms with Crippen LogP contribution in [-0.2, 0) is 0 Å². The van der Waals surface area contributed by atoms with Gasteiger partial charge in [0.05, 0.1) is 11.9 Å². The first kappa shape index (κ1) is 16.5. The molecule has 0 aliphatic heterocycles. The van der Waals surface area contributed by atoms with E-state index in [9.17, 15) is 4.79 Å². The van der Waals surface area contributed by atoms with Crippen LogP contribution in [0.3, 0.4) is 0 Å². The lowest BCUT2D eigenvalue weighted by Crippen LogP contribution is -2.17. The van der Waals surface area contributed by atoms with Crippen molar-refractivity contribution in [3.05, 3.63) is 71.5 Å². The Kier molecular flexibility index (Phi) is 4.94. The van der Waals surface area contributed by atoms with Crippen molar-refractivity contribution in [1.29, 1.82) is 0 Å². The number of rotatable bonds is 5. The van der Waals surface area contributed by atoms with Crippen LogP contribution in [0.5, 0.6) is 0 Å². The van der Waals surface area contributed by atoms with Gasteiger partial charge in [0.15, 0.2) is 0 Å². The lowest BCUT2D eigenvalue weighted by atomic mass is 10.0. The summed E-state index contributed by atoms with van der Waals surface area (Å²) in [6.45, 7) is 4.29. The van der Waals surface area contributed by atoms with Gasteiger partial charge in [0.25, 0.3) is 5.91 Å². The van der Waals surface area contributed by atoms with Crippen LogP contribution in [0, 0.1) is 0 Å². The van der Waals surface area contributed by atoms with Crippen molar-refractivity contribution < 1.29 is 4.79 Å². The smallest absolute Gasteiger partial charge is 0.267 e. The maximum Gasteiger partial charge on any atom is 0.271 e. The molecular weight excluding hydrogens is 316 g/mol. The van der Waals surface area contributed by atoms with Crippen LogP contribution in [0.25, 0.3) is 5.69 Å². The number of nitrogens with one attached hydrogen (secondary N) is 1. The zero-order valence-electron chi connectivity index (χ0n) is 14.0. The SMILES string of the molecule is CC(C)c1ccc(/C=N/NC(=O)c2ccc(-n3cnnn3)cc2)cc1. The van der Waals surface area contributed by atoms with E-state index in [0.717, 1.165) is 11.3 Å². The maximum atomic E-state index is 12.1. The molecule has 0 spiro atoms. The Labute approximate surface area is 145 Å². The molecule has 0 bridgehead atoms. The van der Waals surface area contributed by atoms with Crippen molar-refractivity contribution in [2.24, 2.45) is 5.10 Å². The first-order valence-electron chi connectivity index (χ1n) is 7.90. The van der Waals surface area contributed by atoms with Crippen LogP contribution in [0.15, 0.2) is 60.0 Å². The predicted octanol–water partition coefficient (Wildman–Crippen LogP) is 2.55. The molecule has 1 amide bonds. The number of aromatic nitrogens is 4. The number of carbonyl (C=O) groups excluding carboxylic acids is 1. The predicted molar refractivity (Wildman–Crippen MR) is 94.7 cm³/mol. The van der Waals surface area contributed by atoms with Crippen molar-refractivity contribution in [3.8, 4) is 5.69 Å². The van der Waals surface area contributed by atoms with E-state index in [-0.39, 0.29) is 5.91 Å². The van der Waals surface area contributed by atoms with Crippen LogP contribution < -0.4 is 5.43 Å². The molecule has 0 aliphatic carbocycles. The normalized spacial score (nSPS) is 11.2. The van der Waals surface area contributed by atoms with Crippen molar-refractivity contribution in [2.75, 3.05) is 0 Å². The van der Waals surface area contributed by atoms with E-state index in [1.165, 1.54) is 16.6 Å². The Morgan fingerprint density at radius 3 is 2.44 bits per heavy atom. The summed E-state index contributed by atoms with van der Waals surface area (Å²) < 4.78 is 1.51. The fourth-order valence-corrected chi connectivity index (χ4v) is 2.24. The van der Waals surface area contributed by atoms with Gasteiger partial charge in [0.2, 0.25) is 0 Å². The van der Waals surface area contributed by atoms with Crippen molar-refractivity contribution in [1.82, 2.24) is 25.6 Å². The summed E-state index contributed by atoms with van der Waals surface area (Å²) in [5, 5.41) is 14.9. The zero-order chi connectivity index (χ0) is 17.6. The van der Waals surface area contributed by atoms with Gasteiger partial charge < -0.3 is 0 Å². The lowest BCUT2D eigenvalue weighted by Gasteiger charge is -2.04. The van der Waals surface area contributed by atoms with Crippen molar-refractivity contribution in [3.63, 3.8) is 0 Å². The van der Waals surface area contributed by atoms with Crippen LogP contribution >= 0.6 is 0 Å². The summed E-state index contributed by atoms with van der Waals surface area (Å²) in [6.07, 6.45) is 3.11. The van der Waals surface area contributed by atoms with Gasteiger partial charge in [-0.3, -0.25) is 4.79 Å². The van der Waals surface area contributed by atoms with Crippen molar-refractivity contribution in [2.45, 2.75) is 19.8 Å². The van der Waals surface area contributed by atoms with E-state index in [2.05, 4.69) is 52.0 Å². The van der Waals surface area contributed by atoms with Gasteiger partial charge >= 0.3 is 0 Å². The average Bonchev–Trinajstić information content (AvgIpc) is 3.17. The molecule has 1 heterocycles. The quantitative estimate of drug-likeness (QED) is 0.574. The van der Waals surface area contributed by atoms with E-state index in [0.29, 0.717) is 11.5 Å². The number of benzene rings is 2. The second kappa shape index (κ2) is 7.48. The number of carbonyl (C=O) groups is 1.